The first-order chi connectivity index (χ1) is 13.6. The van der Waals surface area contributed by atoms with E-state index in [4.69, 9.17) is 15.3 Å². The van der Waals surface area contributed by atoms with Crippen LogP contribution in [-0.2, 0) is 5.75 Å². The van der Waals surface area contributed by atoms with Gasteiger partial charge in [0.15, 0.2) is 0 Å². The number of aromatic nitrogens is 3. The van der Waals surface area contributed by atoms with Gasteiger partial charge in [-0.1, -0.05) is 23.9 Å². The number of rotatable bonds is 8. The van der Waals surface area contributed by atoms with Crippen molar-refractivity contribution in [2.45, 2.75) is 17.8 Å². The summed E-state index contributed by atoms with van der Waals surface area (Å²) in [5.74, 6) is 8.78. The molecule has 0 atom stereocenters. The number of nitrogens with one attached hydrogen (secondary N) is 1. The lowest BCUT2D eigenvalue weighted by molar-refractivity contribution is 0.414. The molecule has 2 aromatic carbocycles. The Balaban J connectivity index is 1.61. The Hall–Kier alpha value is -3.20. The van der Waals surface area contributed by atoms with Gasteiger partial charge in [-0.2, -0.15) is 5.10 Å². The normalized spacial score (nSPS) is 11.3. The van der Waals surface area contributed by atoms with Crippen LogP contribution in [0.3, 0.4) is 0 Å². The maximum atomic E-state index is 6.08. The molecule has 3 rings (SSSR count). The number of nitrogens with zero attached hydrogens (tertiary/aromatic N) is 4. The van der Waals surface area contributed by atoms with E-state index in [1.54, 1.807) is 14.2 Å². The summed E-state index contributed by atoms with van der Waals surface area (Å²) in [6, 6.07) is 15.5. The number of benzene rings is 2. The molecule has 0 aliphatic carbocycles. The van der Waals surface area contributed by atoms with Crippen LogP contribution < -0.4 is 20.7 Å². The van der Waals surface area contributed by atoms with Crippen LogP contribution in [0.2, 0.25) is 0 Å². The van der Waals surface area contributed by atoms with Crippen molar-refractivity contribution in [3.63, 3.8) is 0 Å². The fourth-order valence-electron chi connectivity index (χ4n) is 2.35. The van der Waals surface area contributed by atoms with Crippen LogP contribution in [0.5, 0.6) is 11.5 Å². The minimum atomic E-state index is 0.366. The number of anilines is 1. The predicted octanol–water partition coefficient (Wildman–Crippen LogP) is 3.14. The second kappa shape index (κ2) is 9.14. The van der Waals surface area contributed by atoms with Gasteiger partial charge in [0, 0.05) is 5.75 Å². The highest BCUT2D eigenvalue weighted by atomic mass is 32.2. The highest BCUT2D eigenvalue weighted by Crippen LogP contribution is 2.23. The van der Waals surface area contributed by atoms with E-state index in [-0.39, 0.29) is 0 Å². The number of hydrogen-bond acceptors (Lipinski definition) is 8. The van der Waals surface area contributed by atoms with Crippen LogP contribution >= 0.6 is 11.8 Å². The molecule has 0 spiro atoms. The van der Waals surface area contributed by atoms with Crippen molar-refractivity contribution in [2.24, 2.45) is 5.10 Å². The second-order valence-electron chi connectivity index (χ2n) is 5.85. The van der Waals surface area contributed by atoms with Crippen LogP contribution in [0.4, 0.5) is 5.95 Å². The molecule has 1 heterocycles. The molecule has 3 N–H and O–H groups in total. The first kappa shape index (κ1) is 19.6. The molecule has 0 saturated heterocycles. The maximum absolute atomic E-state index is 6.08. The molecule has 9 heteroatoms. The molecule has 28 heavy (non-hydrogen) atoms. The Morgan fingerprint density at radius 3 is 2.25 bits per heavy atom. The number of ether oxygens (including phenoxy) is 2. The molecule has 1 aromatic heterocycles. The molecule has 8 nitrogen and oxygen atoms in total. The average Bonchev–Trinajstić information content (AvgIpc) is 3.10. The largest absolute Gasteiger partial charge is 0.497 e. The number of thioether (sulfide) groups is 1. The van der Waals surface area contributed by atoms with Crippen molar-refractivity contribution in [3.05, 3.63) is 59.7 Å². The number of nitrogen functional groups attached to an aromatic ring is 1. The topological polar surface area (TPSA) is 99.6 Å². The fraction of sp³-hybridized carbons (Fsp3) is 0.211. The molecule has 0 bridgehead atoms. The van der Waals surface area contributed by atoms with Crippen LogP contribution in [0, 0.1) is 0 Å². The van der Waals surface area contributed by atoms with Crippen molar-refractivity contribution in [1.29, 1.82) is 0 Å². The minimum absolute atomic E-state index is 0.366. The molecular weight excluding hydrogens is 376 g/mol. The Morgan fingerprint density at radius 1 is 1.04 bits per heavy atom. The summed E-state index contributed by atoms with van der Waals surface area (Å²) in [6.45, 7) is 1.89. The van der Waals surface area contributed by atoms with Gasteiger partial charge >= 0.3 is 0 Å². The summed E-state index contributed by atoms with van der Waals surface area (Å²) < 4.78 is 11.7. The quantitative estimate of drug-likeness (QED) is 0.260. The van der Waals surface area contributed by atoms with Gasteiger partial charge in [-0.25, -0.2) is 10.1 Å². The molecule has 0 radical (unpaired) electrons. The molecule has 0 amide bonds. The summed E-state index contributed by atoms with van der Waals surface area (Å²) in [4.78, 5) is 0. The Bertz CT molecular complexity index is 938. The van der Waals surface area contributed by atoms with Gasteiger partial charge in [-0.15, -0.1) is 10.2 Å². The van der Waals surface area contributed by atoms with Crippen LogP contribution in [-0.4, -0.2) is 34.8 Å². The van der Waals surface area contributed by atoms with Crippen LogP contribution in [0.15, 0.2) is 58.8 Å². The van der Waals surface area contributed by atoms with E-state index < -0.39 is 0 Å². The first-order valence-electron chi connectivity index (χ1n) is 8.51. The number of hydrogen-bond donors (Lipinski definition) is 2. The number of hydrazone groups is 1. The zero-order valence-electron chi connectivity index (χ0n) is 15.9. The lowest BCUT2D eigenvalue weighted by Crippen LogP contribution is -2.13. The van der Waals surface area contributed by atoms with Crippen molar-refractivity contribution in [1.82, 2.24) is 14.9 Å². The Kier molecular flexibility index (Phi) is 6.38. The standard InChI is InChI=1S/C19H22N6O2S/c1-13(15-6-10-17(27-3)11-7-15)21-22-18-23-24-19(25(18)20)28-12-14-4-8-16(26-2)9-5-14/h4-11H,12,20H2,1-3H3,(H,22,23)/b21-13+. The van der Waals surface area contributed by atoms with Crippen LogP contribution in [0.1, 0.15) is 18.1 Å². The van der Waals surface area contributed by atoms with Crippen molar-refractivity contribution in [2.75, 3.05) is 25.5 Å². The average molecular weight is 398 g/mol. The SMILES string of the molecule is COc1ccc(CSc2nnc(N/N=C(\C)c3ccc(OC)cc3)n2N)cc1. The first-order valence-corrected chi connectivity index (χ1v) is 9.50. The van der Waals surface area contributed by atoms with E-state index in [1.165, 1.54) is 16.4 Å². The molecule has 0 saturated carbocycles. The molecule has 0 fully saturated rings. The van der Waals surface area contributed by atoms with Gasteiger partial charge in [-0.3, -0.25) is 0 Å². The zero-order valence-corrected chi connectivity index (χ0v) is 16.7. The molecule has 0 aliphatic heterocycles. The monoisotopic (exact) mass is 398 g/mol. The van der Waals surface area contributed by atoms with E-state index >= 15 is 0 Å². The van der Waals surface area contributed by atoms with E-state index in [0.29, 0.717) is 16.9 Å². The van der Waals surface area contributed by atoms with E-state index in [2.05, 4.69) is 20.7 Å². The minimum Gasteiger partial charge on any atom is -0.497 e. The van der Waals surface area contributed by atoms with Gasteiger partial charge in [0.1, 0.15) is 11.5 Å². The van der Waals surface area contributed by atoms with Gasteiger partial charge in [0.2, 0.25) is 5.16 Å². The van der Waals surface area contributed by atoms with E-state index in [0.717, 1.165) is 28.3 Å². The fourth-order valence-corrected chi connectivity index (χ4v) is 3.16. The van der Waals surface area contributed by atoms with Gasteiger partial charge in [0.05, 0.1) is 19.9 Å². The van der Waals surface area contributed by atoms with Crippen molar-refractivity contribution < 1.29 is 9.47 Å². The highest BCUT2D eigenvalue weighted by Gasteiger charge is 2.10. The molecule has 0 unspecified atom stereocenters. The Morgan fingerprint density at radius 2 is 1.64 bits per heavy atom. The number of methoxy groups -OCH3 is 2. The lowest BCUT2D eigenvalue weighted by Gasteiger charge is -2.06. The van der Waals surface area contributed by atoms with Gasteiger partial charge in [0.25, 0.3) is 5.95 Å². The smallest absolute Gasteiger partial charge is 0.264 e. The van der Waals surface area contributed by atoms with E-state index in [9.17, 15) is 0 Å². The van der Waals surface area contributed by atoms with Crippen molar-refractivity contribution >= 4 is 23.4 Å². The highest BCUT2D eigenvalue weighted by molar-refractivity contribution is 7.98. The lowest BCUT2D eigenvalue weighted by atomic mass is 10.1. The molecule has 146 valence electrons. The zero-order chi connectivity index (χ0) is 19.9. The summed E-state index contributed by atoms with van der Waals surface area (Å²) >= 11 is 1.49. The Labute approximate surface area is 167 Å². The summed E-state index contributed by atoms with van der Waals surface area (Å²) in [5.41, 5.74) is 5.75. The molecular formula is C19H22N6O2S. The summed E-state index contributed by atoms with van der Waals surface area (Å²) in [5, 5.41) is 13.1. The molecule has 3 aromatic rings. The third-order valence-corrected chi connectivity index (χ3v) is 5.04. The third-order valence-electron chi connectivity index (χ3n) is 4.02. The third kappa shape index (κ3) is 4.74. The summed E-state index contributed by atoms with van der Waals surface area (Å²) in [7, 11) is 3.28. The summed E-state index contributed by atoms with van der Waals surface area (Å²) in [6.07, 6.45) is 0. The van der Waals surface area contributed by atoms with Crippen molar-refractivity contribution in [3.8, 4) is 11.5 Å². The molecule has 0 aliphatic rings. The number of nitrogens with two attached hydrogens (primary N) is 1. The van der Waals surface area contributed by atoms with Gasteiger partial charge < -0.3 is 15.3 Å². The maximum Gasteiger partial charge on any atom is 0.264 e. The van der Waals surface area contributed by atoms with E-state index in [1.807, 2.05) is 55.5 Å². The second-order valence-corrected chi connectivity index (χ2v) is 6.79. The predicted molar refractivity (Wildman–Crippen MR) is 112 cm³/mol. The van der Waals surface area contributed by atoms with Crippen LogP contribution in [0.25, 0.3) is 0 Å². The van der Waals surface area contributed by atoms with Gasteiger partial charge in [-0.05, 0) is 54.4 Å².